The molecule has 14 heavy (non-hydrogen) atoms. The minimum atomic E-state index is 0.0404. The van der Waals surface area contributed by atoms with Gasteiger partial charge in [0.15, 0.2) is 0 Å². The van der Waals surface area contributed by atoms with E-state index in [1.165, 1.54) is 0 Å². The minimum Gasteiger partial charge on any atom is -0.380 e. The fourth-order valence-corrected chi connectivity index (χ4v) is 1.18. The van der Waals surface area contributed by atoms with Gasteiger partial charge in [-0.1, -0.05) is 0 Å². The van der Waals surface area contributed by atoms with Crippen LogP contribution in [0.2, 0.25) is 0 Å². The lowest BCUT2D eigenvalue weighted by atomic mass is 10.1. The third kappa shape index (κ3) is 3.75. The summed E-state index contributed by atoms with van der Waals surface area (Å²) in [5.74, 6) is 0.895. The fourth-order valence-electron chi connectivity index (χ4n) is 1.18. The molecule has 0 atom stereocenters. The maximum absolute atomic E-state index is 5.06. The summed E-state index contributed by atoms with van der Waals surface area (Å²) in [5.41, 5.74) is 1.17. The number of anilines is 1. The molecular formula is C11H18N2O. The molecule has 0 saturated carbocycles. The first kappa shape index (κ1) is 11.0. The van der Waals surface area contributed by atoms with Gasteiger partial charge in [-0.05, 0) is 38.5 Å². The number of nitrogens with one attached hydrogen (secondary N) is 1. The molecule has 0 saturated heterocycles. The summed E-state index contributed by atoms with van der Waals surface area (Å²) in [6.45, 7) is 6.95. The molecule has 0 amide bonds. The number of pyridine rings is 1. The van der Waals surface area contributed by atoms with Crippen molar-refractivity contribution in [1.29, 1.82) is 0 Å². The Morgan fingerprint density at radius 3 is 2.71 bits per heavy atom. The Morgan fingerprint density at radius 2 is 2.14 bits per heavy atom. The van der Waals surface area contributed by atoms with Crippen LogP contribution in [0, 0.1) is 0 Å². The first-order valence-corrected chi connectivity index (χ1v) is 4.73. The number of nitrogens with zero attached hydrogens (tertiary/aromatic N) is 1. The SMILES string of the molecule is COCc1ccnc(NC(C)(C)C)c1. The smallest absolute Gasteiger partial charge is 0.126 e. The predicted molar refractivity (Wildman–Crippen MR) is 58.3 cm³/mol. The quantitative estimate of drug-likeness (QED) is 0.802. The molecule has 0 bridgehead atoms. The lowest BCUT2D eigenvalue weighted by molar-refractivity contribution is 0.185. The fraction of sp³-hybridized carbons (Fsp3) is 0.545. The minimum absolute atomic E-state index is 0.0404. The van der Waals surface area contributed by atoms with E-state index in [9.17, 15) is 0 Å². The van der Waals surface area contributed by atoms with Gasteiger partial charge >= 0.3 is 0 Å². The van der Waals surface area contributed by atoms with Gasteiger partial charge in [-0.15, -0.1) is 0 Å². The summed E-state index contributed by atoms with van der Waals surface area (Å²) in [7, 11) is 1.69. The number of hydrogen-bond acceptors (Lipinski definition) is 3. The molecule has 0 spiro atoms. The number of aromatic nitrogens is 1. The van der Waals surface area contributed by atoms with E-state index >= 15 is 0 Å². The maximum atomic E-state index is 5.06. The molecule has 3 heteroatoms. The molecule has 0 aliphatic rings. The topological polar surface area (TPSA) is 34.1 Å². The monoisotopic (exact) mass is 194 g/mol. The van der Waals surface area contributed by atoms with E-state index in [4.69, 9.17) is 4.74 Å². The van der Waals surface area contributed by atoms with Crippen molar-refractivity contribution in [2.75, 3.05) is 12.4 Å². The third-order valence-electron chi connectivity index (χ3n) is 1.64. The van der Waals surface area contributed by atoms with Crippen LogP contribution in [0.3, 0.4) is 0 Å². The Morgan fingerprint density at radius 1 is 1.43 bits per heavy atom. The van der Waals surface area contributed by atoms with E-state index in [-0.39, 0.29) is 5.54 Å². The highest BCUT2D eigenvalue weighted by Gasteiger charge is 2.09. The molecule has 78 valence electrons. The van der Waals surface area contributed by atoms with Crippen LogP contribution in [0.1, 0.15) is 26.3 Å². The van der Waals surface area contributed by atoms with Gasteiger partial charge in [-0.25, -0.2) is 4.98 Å². The van der Waals surface area contributed by atoms with Crippen LogP contribution < -0.4 is 5.32 Å². The average Bonchev–Trinajstić information content (AvgIpc) is 2.02. The van der Waals surface area contributed by atoms with E-state index < -0.39 is 0 Å². The van der Waals surface area contributed by atoms with Crippen molar-refractivity contribution in [1.82, 2.24) is 4.98 Å². The van der Waals surface area contributed by atoms with Crippen molar-refractivity contribution < 1.29 is 4.74 Å². The normalized spacial score (nSPS) is 11.4. The summed E-state index contributed by atoms with van der Waals surface area (Å²) in [4.78, 5) is 4.24. The Kier molecular flexibility index (Phi) is 3.47. The Hall–Kier alpha value is -1.09. The summed E-state index contributed by atoms with van der Waals surface area (Å²) in [6.07, 6.45) is 1.79. The molecule has 1 N–H and O–H groups in total. The third-order valence-corrected chi connectivity index (χ3v) is 1.64. The van der Waals surface area contributed by atoms with Crippen LogP contribution >= 0.6 is 0 Å². The molecule has 0 radical (unpaired) electrons. The highest BCUT2D eigenvalue weighted by molar-refractivity contribution is 5.39. The molecule has 0 aromatic carbocycles. The molecule has 3 nitrogen and oxygen atoms in total. The van der Waals surface area contributed by atoms with Gasteiger partial charge < -0.3 is 10.1 Å². The van der Waals surface area contributed by atoms with Gasteiger partial charge in [0.25, 0.3) is 0 Å². The zero-order valence-corrected chi connectivity index (χ0v) is 9.29. The van der Waals surface area contributed by atoms with Crippen molar-refractivity contribution in [3.8, 4) is 0 Å². The maximum Gasteiger partial charge on any atom is 0.126 e. The molecule has 0 fully saturated rings. The Bertz CT molecular complexity index is 292. The summed E-state index contributed by atoms with van der Waals surface area (Å²) in [5, 5.41) is 3.31. The van der Waals surface area contributed by atoms with Gasteiger partial charge in [-0.3, -0.25) is 0 Å². The van der Waals surface area contributed by atoms with Crippen molar-refractivity contribution in [2.45, 2.75) is 32.9 Å². The van der Waals surface area contributed by atoms with Crippen LogP contribution in [-0.4, -0.2) is 17.6 Å². The average molecular weight is 194 g/mol. The molecule has 0 aliphatic carbocycles. The molecule has 1 aromatic rings. The van der Waals surface area contributed by atoms with Crippen LogP contribution in [0.25, 0.3) is 0 Å². The van der Waals surface area contributed by atoms with E-state index in [1.54, 1.807) is 13.3 Å². The number of rotatable bonds is 3. The van der Waals surface area contributed by atoms with E-state index in [2.05, 4.69) is 31.1 Å². The molecule has 1 rings (SSSR count). The largest absolute Gasteiger partial charge is 0.380 e. The molecule has 0 unspecified atom stereocenters. The zero-order chi connectivity index (χ0) is 10.6. The van der Waals surface area contributed by atoms with Gasteiger partial charge in [-0.2, -0.15) is 0 Å². The molecular weight excluding hydrogens is 176 g/mol. The standard InChI is InChI=1S/C11H18N2O/c1-11(2,3)13-10-7-9(8-14-4)5-6-12-10/h5-7H,8H2,1-4H3,(H,12,13). The van der Waals surface area contributed by atoms with Crippen molar-refractivity contribution in [2.24, 2.45) is 0 Å². The molecule has 1 heterocycles. The van der Waals surface area contributed by atoms with Gasteiger partial charge in [0.2, 0.25) is 0 Å². The van der Waals surface area contributed by atoms with Crippen LogP contribution in [0.5, 0.6) is 0 Å². The first-order chi connectivity index (χ1) is 6.51. The molecule has 1 aromatic heterocycles. The Balaban J connectivity index is 2.73. The van der Waals surface area contributed by atoms with Crippen LogP contribution in [0.15, 0.2) is 18.3 Å². The summed E-state index contributed by atoms with van der Waals surface area (Å²) < 4.78 is 5.06. The van der Waals surface area contributed by atoms with Gasteiger partial charge in [0.05, 0.1) is 6.61 Å². The van der Waals surface area contributed by atoms with Crippen molar-refractivity contribution >= 4 is 5.82 Å². The van der Waals surface area contributed by atoms with E-state index in [0.717, 1.165) is 11.4 Å². The molecule has 0 aliphatic heterocycles. The first-order valence-electron chi connectivity index (χ1n) is 4.73. The van der Waals surface area contributed by atoms with E-state index in [0.29, 0.717) is 6.61 Å². The van der Waals surface area contributed by atoms with Crippen molar-refractivity contribution in [3.63, 3.8) is 0 Å². The van der Waals surface area contributed by atoms with Crippen LogP contribution in [-0.2, 0) is 11.3 Å². The highest BCUT2D eigenvalue weighted by Crippen LogP contribution is 2.13. The van der Waals surface area contributed by atoms with Gasteiger partial charge in [0.1, 0.15) is 5.82 Å². The lowest BCUT2D eigenvalue weighted by Crippen LogP contribution is -2.26. The second kappa shape index (κ2) is 4.42. The van der Waals surface area contributed by atoms with Crippen molar-refractivity contribution in [3.05, 3.63) is 23.9 Å². The lowest BCUT2D eigenvalue weighted by Gasteiger charge is -2.21. The zero-order valence-electron chi connectivity index (χ0n) is 9.29. The van der Waals surface area contributed by atoms with Gasteiger partial charge in [0, 0.05) is 18.8 Å². The number of hydrogen-bond donors (Lipinski definition) is 1. The Labute approximate surface area is 85.5 Å². The number of ether oxygens (including phenoxy) is 1. The predicted octanol–water partition coefficient (Wildman–Crippen LogP) is 2.44. The second-order valence-corrected chi connectivity index (χ2v) is 4.36. The van der Waals surface area contributed by atoms with Crippen LogP contribution in [0.4, 0.5) is 5.82 Å². The van der Waals surface area contributed by atoms with E-state index in [1.807, 2.05) is 12.1 Å². The summed E-state index contributed by atoms with van der Waals surface area (Å²) >= 11 is 0. The second-order valence-electron chi connectivity index (χ2n) is 4.36. The highest BCUT2D eigenvalue weighted by atomic mass is 16.5. The summed E-state index contributed by atoms with van der Waals surface area (Å²) in [6, 6.07) is 3.96. The number of methoxy groups -OCH3 is 1.